The van der Waals surface area contributed by atoms with Gasteiger partial charge in [0.2, 0.25) is 17.8 Å². The van der Waals surface area contributed by atoms with Gasteiger partial charge in [0.15, 0.2) is 17.0 Å². The Hall–Kier alpha value is -3.73. The molecule has 2 amide bonds. The molecule has 3 aliphatic rings. The monoisotopic (exact) mass is 559 g/mol. The molecule has 41 heavy (non-hydrogen) atoms. The van der Waals surface area contributed by atoms with E-state index in [1.807, 2.05) is 14.4 Å². The molecular formula is C30H41N9O2. The lowest BCUT2D eigenvalue weighted by molar-refractivity contribution is -0.128. The van der Waals surface area contributed by atoms with Gasteiger partial charge in [0, 0.05) is 77.8 Å². The Bertz CT molecular complexity index is 1340. The predicted molar refractivity (Wildman–Crippen MR) is 158 cm³/mol. The van der Waals surface area contributed by atoms with Crippen LogP contribution in [0.25, 0.3) is 11.2 Å². The van der Waals surface area contributed by atoms with Gasteiger partial charge in [0.1, 0.15) is 0 Å². The SMILES string of the molecule is O=C1CCCN1CCCNc1nc(NC2CCN(Cc3ccccc3)CC2)nc2c1ncn2CCN1CCCC1=O. The van der Waals surface area contributed by atoms with E-state index in [0.29, 0.717) is 50.3 Å². The normalized spacial score (nSPS) is 18.6. The number of carbonyl (C=O) groups is 2. The zero-order valence-electron chi connectivity index (χ0n) is 23.8. The molecule has 0 aliphatic carbocycles. The second-order valence-corrected chi connectivity index (χ2v) is 11.4. The van der Waals surface area contributed by atoms with Crippen molar-refractivity contribution in [3.8, 4) is 0 Å². The van der Waals surface area contributed by atoms with Crippen molar-refractivity contribution < 1.29 is 9.59 Å². The first-order chi connectivity index (χ1) is 20.1. The Kier molecular flexibility index (Phi) is 8.60. The molecular weight excluding hydrogens is 518 g/mol. The maximum atomic E-state index is 12.1. The molecule has 6 rings (SSSR count). The van der Waals surface area contributed by atoms with Crippen molar-refractivity contribution in [1.29, 1.82) is 0 Å². The van der Waals surface area contributed by atoms with Gasteiger partial charge in [-0.25, -0.2) is 4.98 Å². The smallest absolute Gasteiger partial charge is 0.227 e. The molecule has 0 atom stereocenters. The van der Waals surface area contributed by atoms with Crippen LogP contribution in [0, 0.1) is 0 Å². The van der Waals surface area contributed by atoms with Crippen molar-refractivity contribution in [2.75, 3.05) is 56.4 Å². The third-order valence-electron chi connectivity index (χ3n) is 8.48. The minimum atomic E-state index is 0.226. The Morgan fingerprint density at radius 1 is 0.854 bits per heavy atom. The zero-order valence-corrected chi connectivity index (χ0v) is 23.8. The van der Waals surface area contributed by atoms with Crippen LogP contribution in [0.3, 0.4) is 0 Å². The van der Waals surface area contributed by atoms with Crippen LogP contribution in [0.15, 0.2) is 36.7 Å². The second kappa shape index (κ2) is 12.8. The number of likely N-dealkylation sites (tertiary alicyclic amines) is 3. The summed E-state index contributed by atoms with van der Waals surface area (Å²) >= 11 is 0. The summed E-state index contributed by atoms with van der Waals surface area (Å²) in [6.45, 7) is 7.46. The van der Waals surface area contributed by atoms with Crippen LogP contribution in [0.1, 0.15) is 50.5 Å². The van der Waals surface area contributed by atoms with Crippen LogP contribution in [-0.4, -0.2) is 97.9 Å². The first kappa shape index (κ1) is 27.4. The number of anilines is 2. The van der Waals surface area contributed by atoms with Gasteiger partial charge in [0.05, 0.1) is 6.33 Å². The number of imidazole rings is 1. The van der Waals surface area contributed by atoms with Crippen molar-refractivity contribution in [1.82, 2.24) is 34.2 Å². The first-order valence-electron chi connectivity index (χ1n) is 15.2. The summed E-state index contributed by atoms with van der Waals surface area (Å²) in [7, 11) is 0. The van der Waals surface area contributed by atoms with Crippen LogP contribution >= 0.6 is 0 Å². The third kappa shape index (κ3) is 6.78. The number of aromatic nitrogens is 4. The third-order valence-corrected chi connectivity index (χ3v) is 8.48. The highest BCUT2D eigenvalue weighted by molar-refractivity contribution is 5.84. The van der Waals surface area contributed by atoms with Crippen LogP contribution < -0.4 is 10.6 Å². The highest BCUT2D eigenvalue weighted by atomic mass is 16.2. The van der Waals surface area contributed by atoms with Gasteiger partial charge in [-0.05, 0) is 37.7 Å². The molecule has 218 valence electrons. The highest BCUT2D eigenvalue weighted by Gasteiger charge is 2.23. The van der Waals surface area contributed by atoms with Crippen LogP contribution in [0.5, 0.6) is 0 Å². The lowest BCUT2D eigenvalue weighted by atomic mass is 10.0. The maximum Gasteiger partial charge on any atom is 0.227 e. The Labute approximate surface area is 241 Å². The topological polar surface area (TPSA) is 112 Å². The first-order valence-corrected chi connectivity index (χ1v) is 15.2. The Morgan fingerprint density at radius 2 is 1.59 bits per heavy atom. The summed E-state index contributed by atoms with van der Waals surface area (Å²) in [6.07, 6.45) is 7.90. The fraction of sp³-hybridized carbons (Fsp3) is 0.567. The minimum Gasteiger partial charge on any atom is -0.368 e. The molecule has 3 fully saturated rings. The average Bonchev–Trinajstić information content (AvgIpc) is 3.71. The van der Waals surface area contributed by atoms with E-state index in [4.69, 9.17) is 9.97 Å². The summed E-state index contributed by atoms with van der Waals surface area (Å²) in [5.41, 5.74) is 2.85. The van der Waals surface area contributed by atoms with Crippen LogP contribution in [0.2, 0.25) is 0 Å². The molecule has 0 bridgehead atoms. The quantitative estimate of drug-likeness (QED) is 0.326. The van der Waals surface area contributed by atoms with E-state index >= 15 is 0 Å². The van der Waals surface area contributed by atoms with E-state index in [1.165, 1.54) is 5.56 Å². The highest BCUT2D eigenvalue weighted by Crippen LogP contribution is 2.24. The van der Waals surface area contributed by atoms with Gasteiger partial charge in [-0.2, -0.15) is 9.97 Å². The Balaban J connectivity index is 1.12. The molecule has 3 aliphatic heterocycles. The number of benzene rings is 1. The van der Waals surface area contributed by atoms with Gasteiger partial charge in [-0.1, -0.05) is 30.3 Å². The molecule has 3 aromatic rings. The van der Waals surface area contributed by atoms with Crippen LogP contribution in [0.4, 0.5) is 11.8 Å². The van der Waals surface area contributed by atoms with E-state index in [1.54, 1.807) is 6.33 Å². The van der Waals surface area contributed by atoms with Gasteiger partial charge in [-0.3, -0.25) is 14.5 Å². The molecule has 0 spiro atoms. The summed E-state index contributed by atoms with van der Waals surface area (Å²) < 4.78 is 2.03. The molecule has 0 unspecified atom stereocenters. The van der Waals surface area contributed by atoms with Gasteiger partial charge < -0.3 is 25.0 Å². The number of piperidine rings is 1. The maximum absolute atomic E-state index is 12.1. The van der Waals surface area contributed by atoms with E-state index in [2.05, 4.69) is 50.8 Å². The number of nitrogens with zero attached hydrogens (tertiary/aromatic N) is 7. The van der Waals surface area contributed by atoms with Crippen molar-refractivity contribution in [2.45, 2.75) is 64.1 Å². The number of carbonyl (C=O) groups excluding carboxylic acids is 2. The molecule has 1 aromatic carbocycles. The fourth-order valence-corrected chi connectivity index (χ4v) is 6.14. The van der Waals surface area contributed by atoms with E-state index in [0.717, 1.165) is 82.5 Å². The number of amides is 2. The molecule has 11 heteroatoms. The van der Waals surface area contributed by atoms with Gasteiger partial charge in [-0.15, -0.1) is 0 Å². The standard InChI is InChI=1S/C30H41N9O2/c40-25-9-4-14-37(25)16-6-13-31-28-27-29(39(22-32-27)20-19-38-15-5-10-26(38)41)35-30(34-28)33-24-11-17-36(18-12-24)21-23-7-2-1-3-8-23/h1-3,7-8,22,24H,4-6,9-21H2,(H2,31,33,34,35). The second-order valence-electron chi connectivity index (χ2n) is 11.4. The summed E-state index contributed by atoms with van der Waals surface area (Å²) in [5, 5.41) is 7.09. The lowest BCUT2D eigenvalue weighted by Gasteiger charge is -2.32. The summed E-state index contributed by atoms with van der Waals surface area (Å²) in [6, 6.07) is 10.9. The molecule has 2 N–H and O–H groups in total. The van der Waals surface area contributed by atoms with Gasteiger partial charge in [0.25, 0.3) is 0 Å². The van der Waals surface area contributed by atoms with Crippen LogP contribution in [-0.2, 0) is 22.7 Å². The zero-order chi connectivity index (χ0) is 28.0. The van der Waals surface area contributed by atoms with Crippen molar-refractivity contribution in [3.05, 3.63) is 42.2 Å². The predicted octanol–water partition coefficient (Wildman–Crippen LogP) is 2.95. The number of fused-ring (bicyclic) bond motifs is 1. The summed E-state index contributed by atoms with van der Waals surface area (Å²) in [5.74, 6) is 1.80. The molecule has 5 heterocycles. The van der Waals surface area contributed by atoms with E-state index in [9.17, 15) is 9.59 Å². The largest absolute Gasteiger partial charge is 0.368 e. The van der Waals surface area contributed by atoms with E-state index < -0.39 is 0 Å². The van der Waals surface area contributed by atoms with Crippen molar-refractivity contribution in [3.63, 3.8) is 0 Å². The van der Waals surface area contributed by atoms with Crippen molar-refractivity contribution >= 4 is 34.7 Å². The molecule has 0 saturated carbocycles. The number of hydrogen-bond acceptors (Lipinski definition) is 8. The van der Waals surface area contributed by atoms with Gasteiger partial charge >= 0.3 is 0 Å². The number of hydrogen-bond donors (Lipinski definition) is 2. The minimum absolute atomic E-state index is 0.226. The molecule has 3 saturated heterocycles. The molecule has 2 aromatic heterocycles. The fourth-order valence-electron chi connectivity index (χ4n) is 6.14. The van der Waals surface area contributed by atoms with Crippen molar-refractivity contribution in [2.24, 2.45) is 0 Å². The summed E-state index contributed by atoms with van der Waals surface area (Å²) in [4.78, 5) is 44.9. The lowest BCUT2D eigenvalue weighted by Crippen LogP contribution is -2.39. The molecule has 0 radical (unpaired) electrons. The number of rotatable bonds is 12. The Morgan fingerprint density at radius 3 is 2.29 bits per heavy atom. The number of nitrogens with one attached hydrogen (secondary N) is 2. The average molecular weight is 560 g/mol. The van der Waals surface area contributed by atoms with E-state index in [-0.39, 0.29) is 11.8 Å². The molecule has 11 nitrogen and oxygen atoms in total.